The minimum absolute atomic E-state index is 0.0746. The molecular weight excluding hydrogens is 559 g/mol. The number of aromatic nitrogens is 3. The standard InChI is InChI=1S/C29H31F5N6O2/c30-17-10-28(6-1-7-40(28)12-17)15-42-27-37-25-22(26(38-27)39-13-18-3-4-19(14-39)36-18)11-35-24(23(25)31)21-8-20(41)5-2-16(21)9-29(32,33)34/h2,5,8,11,17-19,36,41H,1,3-4,6-7,9-10,12-15H2/t17-,18-,19+,28+/m1/s1. The molecule has 42 heavy (non-hydrogen) atoms. The largest absolute Gasteiger partial charge is 0.508 e. The van der Waals surface area contributed by atoms with Crippen molar-refractivity contribution in [2.24, 2.45) is 0 Å². The van der Waals surface area contributed by atoms with Crippen LogP contribution in [0.1, 0.15) is 37.7 Å². The normalized spacial score (nSPS) is 27.6. The molecule has 3 aromatic rings. The molecule has 6 heterocycles. The summed E-state index contributed by atoms with van der Waals surface area (Å²) < 4.78 is 76.8. The number of piperazine rings is 1. The number of nitrogens with zero attached hydrogens (tertiary/aromatic N) is 5. The summed E-state index contributed by atoms with van der Waals surface area (Å²) in [5.74, 6) is -0.809. The molecule has 2 aromatic heterocycles. The van der Waals surface area contributed by atoms with E-state index in [0.717, 1.165) is 50.4 Å². The number of anilines is 1. The van der Waals surface area contributed by atoms with Gasteiger partial charge in [-0.05, 0) is 49.9 Å². The Balaban J connectivity index is 1.32. The lowest BCUT2D eigenvalue weighted by Crippen LogP contribution is -2.51. The second-order valence-electron chi connectivity index (χ2n) is 12.1. The van der Waals surface area contributed by atoms with Gasteiger partial charge in [-0.25, -0.2) is 8.78 Å². The molecule has 4 aliphatic heterocycles. The van der Waals surface area contributed by atoms with E-state index in [1.807, 2.05) is 4.90 Å². The van der Waals surface area contributed by atoms with Crippen molar-refractivity contribution >= 4 is 16.7 Å². The van der Waals surface area contributed by atoms with Gasteiger partial charge >= 0.3 is 12.2 Å². The van der Waals surface area contributed by atoms with E-state index < -0.39 is 30.1 Å². The van der Waals surface area contributed by atoms with Gasteiger partial charge in [0.15, 0.2) is 5.82 Å². The first-order valence-corrected chi connectivity index (χ1v) is 14.4. The topological polar surface area (TPSA) is 86.6 Å². The van der Waals surface area contributed by atoms with E-state index in [4.69, 9.17) is 9.72 Å². The molecule has 0 amide bonds. The average Bonchev–Trinajstić information content (AvgIpc) is 3.58. The van der Waals surface area contributed by atoms with E-state index in [-0.39, 0.29) is 52.8 Å². The number of phenolic OH excluding ortho intramolecular Hbond substituents is 1. The highest BCUT2D eigenvalue weighted by molar-refractivity contribution is 5.92. The van der Waals surface area contributed by atoms with Crippen LogP contribution >= 0.6 is 0 Å². The Morgan fingerprint density at radius 1 is 1.12 bits per heavy atom. The van der Waals surface area contributed by atoms with Crippen molar-refractivity contribution in [3.05, 3.63) is 35.8 Å². The molecule has 1 aromatic carbocycles. The second-order valence-corrected chi connectivity index (χ2v) is 12.1. The quantitative estimate of drug-likeness (QED) is 0.405. The van der Waals surface area contributed by atoms with Crippen LogP contribution in [-0.4, -0.2) is 87.7 Å². The molecule has 224 valence electrons. The predicted molar refractivity (Wildman–Crippen MR) is 145 cm³/mol. The van der Waals surface area contributed by atoms with Crippen molar-refractivity contribution in [3.8, 4) is 23.0 Å². The fraction of sp³-hybridized carbons (Fsp3) is 0.552. The van der Waals surface area contributed by atoms with Crippen LogP contribution in [0.3, 0.4) is 0 Å². The van der Waals surface area contributed by atoms with Crippen molar-refractivity contribution < 1.29 is 31.8 Å². The monoisotopic (exact) mass is 590 g/mol. The van der Waals surface area contributed by atoms with Crippen LogP contribution in [0.4, 0.5) is 27.8 Å². The van der Waals surface area contributed by atoms with Gasteiger partial charge in [-0.1, -0.05) is 6.07 Å². The summed E-state index contributed by atoms with van der Waals surface area (Å²) in [5, 5.41) is 13.9. The third kappa shape index (κ3) is 5.00. The lowest BCUT2D eigenvalue weighted by molar-refractivity contribution is -0.127. The van der Waals surface area contributed by atoms with E-state index in [2.05, 4.69) is 20.2 Å². The van der Waals surface area contributed by atoms with Crippen LogP contribution < -0.4 is 15.0 Å². The second kappa shape index (κ2) is 10.1. The van der Waals surface area contributed by atoms with Gasteiger partial charge in [0.2, 0.25) is 0 Å². The van der Waals surface area contributed by atoms with E-state index in [0.29, 0.717) is 37.3 Å². The Kier molecular flexibility index (Phi) is 6.65. The highest BCUT2D eigenvalue weighted by atomic mass is 19.4. The first-order valence-electron chi connectivity index (χ1n) is 14.4. The zero-order valence-corrected chi connectivity index (χ0v) is 22.8. The molecule has 0 saturated carbocycles. The minimum Gasteiger partial charge on any atom is -0.508 e. The number of aromatic hydroxyl groups is 1. The van der Waals surface area contributed by atoms with Gasteiger partial charge in [0.05, 0.1) is 17.3 Å². The maximum Gasteiger partial charge on any atom is 0.393 e. The number of hydrogen-bond donors (Lipinski definition) is 2. The number of fused-ring (bicyclic) bond motifs is 4. The molecule has 2 N–H and O–H groups in total. The molecule has 7 rings (SSSR count). The molecule has 0 radical (unpaired) electrons. The van der Waals surface area contributed by atoms with Gasteiger partial charge in [0, 0.05) is 49.9 Å². The number of phenols is 1. The maximum atomic E-state index is 16.3. The molecule has 0 aliphatic carbocycles. The first kappa shape index (κ1) is 27.5. The SMILES string of the molecule is Oc1ccc(CC(F)(F)F)c(-c2ncc3c(N4C[C@H]5CC[C@@H](C4)N5)nc(OC[C@@]45CCCN4C[C@H](F)C5)nc3c2F)c1. The summed E-state index contributed by atoms with van der Waals surface area (Å²) in [6.07, 6.45) is -1.38. The Morgan fingerprint density at radius 2 is 1.90 bits per heavy atom. The molecule has 8 nitrogen and oxygen atoms in total. The zero-order valence-electron chi connectivity index (χ0n) is 22.8. The Hall–Kier alpha value is -3.32. The van der Waals surface area contributed by atoms with Gasteiger partial charge in [0.1, 0.15) is 35.6 Å². The number of ether oxygens (including phenoxy) is 1. The molecule has 2 bridgehead atoms. The highest BCUT2D eigenvalue weighted by Gasteiger charge is 2.49. The summed E-state index contributed by atoms with van der Waals surface area (Å²) in [6.45, 7) is 2.55. The van der Waals surface area contributed by atoms with E-state index >= 15 is 4.39 Å². The smallest absolute Gasteiger partial charge is 0.393 e. The fourth-order valence-electron chi connectivity index (χ4n) is 7.29. The van der Waals surface area contributed by atoms with Crippen molar-refractivity contribution in [3.63, 3.8) is 0 Å². The summed E-state index contributed by atoms with van der Waals surface area (Å²) >= 11 is 0. The lowest BCUT2D eigenvalue weighted by Gasteiger charge is -2.34. The number of benzene rings is 1. The molecule has 13 heteroatoms. The maximum absolute atomic E-state index is 16.3. The summed E-state index contributed by atoms with van der Waals surface area (Å²) in [6, 6.07) is 3.75. The molecule has 4 saturated heterocycles. The van der Waals surface area contributed by atoms with Gasteiger partial charge in [-0.15, -0.1) is 0 Å². The van der Waals surface area contributed by atoms with E-state index in [1.165, 1.54) is 6.20 Å². The predicted octanol–water partition coefficient (Wildman–Crippen LogP) is 4.54. The van der Waals surface area contributed by atoms with Crippen molar-refractivity contribution in [1.29, 1.82) is 0 Å². The molecule has 4 atom stereocenters. The van der Waals surface area contributed by atoms with Crippen LogP contribution in [-0.2, 0) is 6.42 Å². The van der Waals surface area contributed by atoms with Crippen molar-refractivity contribution in [2.75, 3.05) is 37.7 Å². The van der Waals surface area contributed by atoms with Gasteiger partial charge in [-0.3, -0.25) is 9.88 Å². The van der Waals surface area contributed by atoms with E-state index in [9.17, 15) is 22.7 Å². The molecular formula is C29H31F5N6O2. The average molecular weight is 591 g/mol. The third-order valence-corrected chi connectivity index (χ3v) is 9.13. The number of nitrogens with one attached hydrogen (secondary N) is 1. The summed E-state index contributed by atoms with van der Waals surface area (Å²) in [5.41, 5.74) is -1.36. The third-order valence-electron chi connectivity index (χ3n) is 9.13. The molecule has 0 spiro atoms. The molecule has 4 aliphatic rings. The number of halogens is 5. The van der Waals surface area contributed by atoms with Crippen molar-refractivity contribution in [1.82, 2.24) is 25.2 Å². The number of hydrogen-bond acceptors (Lipinski definition) is 8. The van der Waals surface area contributed by atoms with Crippen LogP contribution in [0.25, 0.3) is 22.2 Å². The van der Waals surface area contributed by atoms with E-state index in [1.54, 1.807) is 0 Å². The highest BCUT2D eigenvalue weighted by Crippen LogP contribution is 2.41. The van der Waals surface area contributed by atoms with Crippen LogP contribution in [0, 0.1) is 5.82 Å². The van der Waals surface area contributed by atoms with Gasteiger partial charge < -0.3 is 20.1 Å². The Labute approximate surface area is 238 Å². The lowest BCUT2D eigenvalue weighted by atomic mass is 9.95. The number of rotatable bonds is 6. The Morgan fingerprint density at radius 3 is 2.67 bits per heavy atom. The Bertz CT molecular complexity index is 1510. The van der Waals surface area contributed by atoms with Gasteiger partial charge in [-0.2, -0.15) is 23.1 Å². The first-order chi connectivity index (χ1) is 20.1. The molecule has 4 fully saturated rings. The van der Waals surface area contributed by atoms with Crippen LogP contribution in [0.15, 0.2) is 24.4 Å². The number of alkyl halides is 4. The van der Waals surface area contributed by atoms with Crippen LogP contribution in [0.2, 0.25) is 0 Å². The minimum atomic E-state index is -4.55. The molecule has 0 unspecified atom stereocenters. The summed E-state index contributed by atoms with van der Waals surface area (Å²) in [4.78, 5) is 17.5. The van der Waals surface area contributed by atoms with Gasteiger partial charge in [0.25, 0.3) is 0 Å². The fourth-order valence-corrected chi connectivity index (χ4v) is 7.29. The zero-order chi connectivity index (χ0) is 29.2. The summed E-state index contributed by atoms with van der Waals surface area (Å²) in [7, 11) is 0. The van der Waals surface area contributed by atoms with Crippen molar-refractivity contribution in [2.45, 2.75) is 68.5 Å². The number of pyridine rings is 1. The van der Waals surface area contributed by atoms with Crippen LogP contribution in [0.5, 0.6) is 11.8 Å².